The van der Waals surface area contributed by atoms with Crippen molar-refractivity contribution in [3.8, 4) is 0 Å². The monoisotopic (exact) mass is 394 g/mol. The van der Waals surface area contributed by atoms with Crippen molar-refractivity contribution in [2.24, 2.45) is 0 Å². The van der Waals surface area contributed by atoms with Gasteiger partial charge in [0.15, 0.2) is 0 Å². The Bertz CT molecular complexity index is 917. The van der Waals surface area contributed by atoms with E-state index in [1.165, 1.54) is 18.2 Å². The predicted molar refractivity (Wildman–Crippen MR) is 100 cm³/mol. The highest BCUT2D eigenvalue weighted by atomic mass is 35.5. The second-order valence-electron chi connectivity index (χ2n) is 6.05. The van der Waals surface area contributed by atoms with Crippen LogP contribution in [0, 0.1) is 0 Å². The first-order valence-corrected chi connectivity index (χ1v) is 10.0. The number of amides is 1. The van der Waals surface area contributed by atoms with Crippen LogP contribution in [-0.4, -0.2) is 45.0 Å². The maximum Gasteiger partial charge on any atom is 0.263 e. The lowest BCUT2D eigenvalue weighted by Gasteiger charge is -2.31. The van der Waals surface area contributed by atoms with Gasteiger partial charge in [0.05, 0.1) is 17.7 Å². The van der Waals surface area contributed by atoms with Gasteiger partial charge in [0.2, 0.25) is 0 Å². The van der Waals surface area contributed by atoms with Crippen molar-refractivity contribution in [2.45, 2.75) is 17.9 Å². The first-order chi connectivity index (χ1) is 12.4. The maximum atomic E-state index is 12.7. The molecule has 3 rings (SSSR count). The summed E-state index contributed by atoms with van der Waals surface area (Å²) in [5.74, 6) is -0.154. The number of hydrogen-bond acceptors (Lipinski definition) is 4. The van der Waals surface area contributed by atoms with Crippen LogP contribution in [0.1, 0.15) is 17.3 Å². The average Bonchev–Trinajstić information content (AvgIpc) is 2.61. The van der Waals surface area contributed by atoms with Crippen LogP contribution < -0.4 is 4.72 Å². The number of halogens is 1. The van der Waals surface area contributed by atoms with Crippen LogP contribution in [-0.2, 0) is 14.8 Å². The van der Waals surface area contributed by atoms with Crippen molar-refractivity contribution >= 4 is 33.2 Å². The largest absolute Gasteiger partial charge is 0.375 e. The van der Waals surface area contributed by atoms with Crippen molar-refractivity contribution in [1.29, 1.82) is 0 Å². The van der Waals surface area contributed by atoms with Gasteiger partial charge < -0.3 is 9.64 Å². The Hall–Kier alpha value is -2.09. The van der Waals surface area contributed by atoms with E-state index in [-0.39, 0.29) is 21.9 Å². The molecule has 1 amide bonds. The second kappa shape index (κ2) is 7.65. The summed E-state index contributed by atoms with van der Waals surface area (Å²) in [5, 5.41) is 0.134. The Balaban J connectivity index is 1.81. The second-order valence-corrected chi connectivity index (χ2v) is 8.11. The third-order valence-electron chi connectivity index (χ3n) is 4.02. The Morgan fingerprint density at radius 1 is 1.23 bits per heavy atom. The van der Waals surface area contributed by atoms with E-state index in [2.05, 4.69) is 4.72 Å². The molecular formula is C18H19ClN2O4S. The van der Waals surface area contributed by atoms with Crippen LogP contribution in [0.4, 0.5) is 5.69 Å². The third kappa shape index (κ3) is 4.17. The van der Waals surface area contributed by atoms with Gasteiger partial charge in [0.25, 0.3) is 15.9 Å². The van der Waals surface area contributed by atoms with Gasteiger partial charge in [0.1, 0.15) is 4.90 Å². The molecule has 1 aliphatic rings. The number of anilines is 1. The fraction of sp³-hybridized carbons (Fsp3) is 0.278. The highest BCUT2D eigenvalue weighted by Gasteiger charge is 2.23. The van der Waals surface area contributed by atoms with Crippen LogP contribution in [0.25, 0.3) is 0 Å². The SMILES string of the molecule is CC1CN(C(=O)c2cccc(NS(=O)(=O)c3ccccc3Cl)c2)CCO1. The standard InChI is InChI=1S/C18H19ClN2O4S/c1-13-12-21(9-10-25-13)18(22)14-5-4-6-15(11-14)20-26(23,24)17-8-3-2-7-16(17)19/h2-8,11,13,20H,9-10,12H2,1H3. The topological polar surface area (TPSA) is 75.7 Å². The molecule has 1 saturated heterocycles. The first-order valence-electron chi connectivity index (χ1n) is 8.15. The zero-order valence-corrected chi connectivity index (χ0v) is 15.8. The number of carbonyl (C=O) groups is 1. The molecule has 0 radical (unpaired) electrons. The minimum absolute atomic E-state index is 0.0135. The molecule has 0 aliphatic carbocycles. The van der Waals surface area contributed by atoms with Gasteiger partial charge in [-0.05, 0) is 37.3 Å². The number of hydrogen-bond donors (Lipinski definition) is 1. The Morgan fingerprint density at radius 2 is 2.00 bits per heavy atom. The lowest BCUT2D eigenvalue weighted by atomic mass is 10.1. The Morgan fingerprint density at radius 3 is 2.73 bits per heavy atom. The molecule has 2 aromatic carbocycles. The summed E-state index contributed by atoms with van der Waals surface area (Å²) < 4.78 is 33.0. The summed E-state index contributed by atoms with van der Waals surface area (Å²) in [4.78, 5) is 14.3. The van der Waals surface area contributed by atoms with Gasteiger partial charge >= 0.3 is 0 Å². The molecule has 1 fully saturated rings. The number of ether oxygens (including phenoxy) is 1. The Kier molecular flexibility index (Phi) is 5.50. The normalized spacial score (nSPS) is 17.8. The summed E-state index contributed by atoms with van der Waals surface area (Å²) in [6.07, 6.45) is -0.0189. The number of sulfonamides is 1. The lowest BCUT2D eigenvalue weighted by molar-refractivity contribution is -0.0124. The highest BCUT2D eigenvalue weighted by Crippen LogP contribution is 2.24. The van der Waals surface area contributed by atoms with Crippen LogP contribution in [0.5, 0.6) is 0 Å². The van der Waals surface area contributed by atoms with Crippen molar-refractivity contribution in [1.82, 2.24) is 4.90 Å². The summed E-state index contributed by atoms with van der Waals surface area (Å²) in [6, 6.07) is 12.6. The van der Waals surface area contributed by atoms with Crippen LogP contribution in [0.2, 0.25) is 5.02 Å². The molecule has 8 heteroatoms. The summed E-state index contributed by atoms with van der Waals surface area (Å²) in [7, 11) is -3.85. The molecule has 26 heavy (non-hydrogen) atoms. The van der Waals surface area contributed by atoms with Crippen LogP contribution >= 0.6 is 11.6 Å². The summed E-state index contributed by atoms with van der Waals surface area (Å²) >= 11 is 5.98. The molecule has 1 unspecified atom stereocenters. The van der Waals surface area contributed by atoms with Crippen molar-refractivity contribution in [2.75, 3.05) is 24.4 Å². The highest BCUT2D eigenvalue weighted by molar-refractivity contribution is 7.92. The van der Waals surface area contributed by atoms with Gasteiger partial charge in [-0.2, -0.15) is 0 Å². The number of nitrogens with zero attached hydrogens (tertiary/aromatic N) is 1. The van der Waals surface area contributed by atoms with Crippen molar-refractivity contribution in [3.05, 3.63) is 59.1 Å². The molecule has 1 N–H and O–H groups in total. The van der Waals surface area contributed by atoms with E-state index in [1.807, 2.05) is 6.92 Å². The molecule has 2 aromatic rings. The Labute approximate surface area is 157 Å². The van der Waals surface area contributed by atoms with E-state index < -0.39 is 10.0 Å². The fourth-order valence-electron chi connectivity index (χ4n) is 2.77. The number of carbonyl (C=O) groups excluding carboxylic acids is 1. The van der Waals surface area contributed by atoms with Crippen molar-refractivity contribution < 1.29 is 17.9 Å². The number of benzene rings is 2. The third-order valence-corrected chi connectivity index (χ3v) is 5.90. The molecule has 6 nitrogen and oxygen atoms in total. The molecule has 0 saturated carbocycles. The number of morpholine rings is 1. The van der Waals surface area contributed by atoms with Crippen LogP contribution in [0.15, 0.2) is 53.4 Å². The van der Waals surface area contributed by atoms with E-state index in [1.54, 1.807) is 35.2 Å². The molecule has 0 spiro atoms. The molecule has 0 bridgehead atoms. The van der Waals surface area contributed by atoms with Gasteiger partial charge in [0, 0.05) is 24.3 Å². The maximum absolute atomic E-state index is 12.7. The molecule has 138 valence electrons. The van der Waals surface area contributed by atoms with E-state index in [0.717, 1.165) is 0 Å². The van der Waals surface area contributed by atoms with Crippen molar-refractivity contribution in [3.63, 3.8) is 0 Å². The van der Waals surface area contributed by atoms with E-state index in [9.17, 15) is 13.2 Å². The van der Waals surface area contributed by atoms with E-state index in [0.29, 0.717) is 30.9 Å². The fourth-order valence-corrected chi connectivity index (χ4v) is 4.34. The molecule has 1 heterocycles. The van der Waals surface area contributed by atoms with E-state index in [4.69, 9.17) is 16.3 Å². The van der Waals surface area contributed by atoms with Gasteiger partial charge in [-0.25, -0.2) is 8.42 Å². The minimum Gasteiger partial charge on any atom is -0.375 e. The predicted octanol–water partition coefficient (Wildman–Crippen LogP) is 3.00. The van der Waals surface area contributed by atoms with Gasteiger partial charge in [-0.3, -0.25) is 9.52 Å². The summed E-state index contributed by atoms with van der Waals surface area (Å²) in [6.45, 7) is 3.42. The molecular weight excluding hydrogens is 376 g/mol. The quantitative estimate of drug-likeness (QED) is 0.864. The molecule has 1 aliphatic heterocycles. The molecule has 1 atom stereocenters. The first kappa shape index (κ1) is 18.7. The smallest absolute Gasteiger partial charge is 0.263 e. The zero-order chi connectivity index (χ0) is 18.7. The number of rotatable bonds is 4. The molecule has 0 aromatic heterocycles. The van der Waals surface area contributed by atoms with E-state index >= 15 is 0 Å². The minimum atomic E-state index is -3.85. The number of nitrogens with one attached hydrogen (secondary N) is 1. The van der Waals surface area contributed by atoms with Crippen LogP contribution in [0.3, 0.4) is 0 Å². The van der Waals surface area contributed by atoms with Gasteiger partial charge in [-0.15, -0.1) is 0 Å². The van der Waals surface area contributed by atoms with Gasteiger partial charge in [-0.1, -0.05) is 29.8 Å². The zero-order valence-electron chi connectivity index (χ0n) is 14.2. The average molecular weight is 395 g/mol. The lowest BCUT2D eigenvalue weighted by Crippen LogP contribution is -2.44. The summed E-state index contributed by atoms with van der Waals surface area (Å²) in [5.41, 5.74) is 0.718.